The van der Waals surface area contributed by atoms with E-state index < -0.39 is 11.7 Å². The third kappa shape index (κ3) is 6.24. The minimum atomic E-state index is -0.466. The van der Waals surface area contributed by atoms with E-state index in [1.165, 1.54) is 19.3 Å². The third-order valence-electron chi connectivity index (χ3n) is 3.30. The van der Waals surface area contributed by atoms with Gasteiger partial charge in [0.25, 0.3) is 0 Å². The molecule has 1 amide bonds. The summed E-state index contributed by atoms with van der Waals surface area (Å²) in [5, 5.41) is 12.7. The number of amides is 1. The molecule has 2 N–H and O–H groups in total. The number of aliphatic hydroxyl groups excluding tert-OH is 1. The topological polar surface area (TPSA) is 58.6 Å². The number of nitrogens with one attached hydrogen (secondary N) is 1. The maximum absolute atomic E-state index is 11.4. The molecule has 0 radical (unpaired) electrons. The number of carbonyl (C=O) groups is 1. The van der Waals surface area contributed by atoms with E-state index in [4.69, 9.17) is 4.74 Å². The van der Waals surface area contributed by atoms with Crippen LogP contribution in [0.2, 0.25) is 0 Å². The summed E-state index contributed by atoms with van der Waals surface area (Å²) in [6, 6.07) is 0. The van der Waals surface area contributed by atoms with Crippen LogP contribution in [0.25, 0.3) is 0 Å². The molecule has 0 aromatic heterocycles. The third-order valence-corrected chi connectivity index (χ3v) is 3.30. The fourth-order valence-electron chi connectivity index (χ4n) is 2.39. The highest BCUT2D eigenvalue weighted by Gasteiger charge is 2.22. The van der Waals surface area contributed by atoms with Crippen LogP contribution in [0.5, 0.6) is 0 Å². The molecule has 18 heavy (non-hydrogen) atoms. The summed E-state index contributed by atoms with van der Waals surface area (Å²) in [5.74, 6) is 0.416. The molecule has 0 spiro atoms. The summed E-state index contributed by atoms with van der Waals surface area (Å²) in [7, 11) is 0. The Morgan fingerprint density at radius 1 is 1.33 bits per heavy atom. The number of hydrogen-bond donors (Lipinski definition) is 2. The molecule has 0 unspecified atom stereocenters. The first-order valence-electron chi connectivity index (χ1n) is 7.03. The first-order chi connectivity index (χ1) is 8.38. The van der Waals surface area contributed by atoms with E-state index in [0.717, 1.165) is 12.8 Å². The van der Waals surface area contributed by atoms with Crippen molar-refractivity contribution in [3.63, 3.8) is 0 Å². The molecule has 0 heterocycles. The Bertz CT molecular complexity index is 254. The van der Waals surface area contributed by atoms with Gasteiger partial charge in [-0.2, -0.15) is 0 Å². The lowest BCUT2D eigenvalue weighted by Gasteiger charge is -2.26. The van der Waals surface area contributed by atoms with Crippen LogP contribution >= 0.6 is 0 Å². The highest BCUT2D eigenvalue weighted by Crippen LogP contribution is 2.27. The summed E-state index contributed by atoms with van der Waals surface area (Å²) in [5.41, 5.74) is -0.466. The number of ether oxygens (including phenoxy) is 1. The van der Waals surface area contributed by atoms with Gasteiger partial charge in [0.2, 0.25) is 0 Å². The van der Waals surface area contributed by atoms with Gasteiger partial charge in [0.05, 0.1) is 6.10 Å². The van der Waals surface area contributed by atoms with Crippen molar-refractivity contribution in [2.45, 2.75) is 71.0 Å². The Morgan fingerprint density at radius 2 is 1.94 bits per heavy atom. The summed E-state index contributed by atoms with van der Waals surface area (Å²) < 4.78 is 5.13. The van der Waals surface area contributed by atoms with Gasteiger partial charge < -0.3 is 15.2 Å². The second kappa shape index (κ2) is 6.98. The molecule has 0 aliphatic heterocycles. The lowest BCUT2D eigenvalue weighted by atomic mass is 9.84. The van der Waals surface area contributed by atoms with Gasteiger partial charge in [-0.05, 0) is 46.0 Å². The van der Waals surface area contributed by atoms with Crippen molar-refractivity contribution in [3.05, 3.63) is 0 Å². The lowest BCUT2D eigenvalue weighted by Crippen LogP contribution is -2.35. The van der Waals surface area contributed by atoms with Crippen LogP contribution in [0.15, 0.2) is 0 Å². The fraction of sp³-hybridized carbons (Fsp3) is 0.929. The first-order valence-corrected chi connectivity index (χ1v) is 7.03. The highest BCUT2D eigenvalue weighted by atomic mass is 16.6. The number of alkyl carbamates (subject to hydrolysis) is 1. The molecule has 0 saturated heterocycles. The van der Waals surface area contributed by atoms with Crippen molar-refractivity contribution >= 4 is 6.09 Å². The van der Waals surface area contributed by atoms with E-state index in [-0.39, 0.29) is 6.10 Å². The molecule has 1 aliphatic carbocycles. The van der Waals surface area contributed by atoms with Crippen LogP contribution in [-0.2, 0) is 4.74 Å². The normalized spacial score (nSPS) is 19.3. The van der Waals surface area contributed by atoms with E-state index in [1.807, 2.05) is 20.8 Å². The zero-order valence-corrected chi connectivity index (χ0v) is 11.9. The summed E-state index contributed by atoms with van der Waals surface area (Å²) in [6.07, 6.45) is 5.89. The van der Waals surface area contributed by atoms with Gasteiger partial charge in [-0.15, -0.1) is 0 Å². The fourth-order valence-corrected chi connectivity index (χ4v) is 2.39. The van der Waals surface area contributed by atoms with E-state index in [0.29, 0.717) is 18.9 Å². The Balaban J connectivity index is 2.14. The zero-order valence-electron chi connectivity index (χ0n) is 11.9. The first kappa shape index (κ1) is 15.3. The molecular weight excluding hydrogens is 230 g/mol. The number of aliphatic hydroxyl groups is 1. The standard InChI is InChI=1S/C14H27NO3/c1-14(2,3)18-13(17)15-10-9-12(16)11-7-5-4-6-8-11/h11-12,16H,4-10H2,1-3H3,(H,15,17)/t12-/m0/s1. The molecule has 0 bridgehead atoms. The minimum Gasteiger partial charge on any atom is -0.444 e. The molecule has 1 aliphatic rings. The van der Waals surface area contributed by atoms with Gasteiger partial charge in [0.1, 0.15) is 5.60 Å². The summed E-state index contributed by atoms with van der Waals surface area (Å²) in [6.45, 7) is 5.99. The van der Waals surface area contributed by atoms with Crippen LogP contribution in [0.1, 0.15) is 59.3 Å². The Labute approximate surface area is 110 Å². The zero-order chi connectivity index (χ0) is 13.6. The van der Waals surface area contributed by atoms with Crippen molar-refractivity contribution in [1.29, 1.82) is 0 Å². The van der Waals surface area contributed by atoms with Gasteiger partial charge in [0.15, 0.2) is 0 Å². The largest absolute Gasteiger partial charge is 0.444 e. The Kier molecular flexibility index (Phi) is 5.93. The van der Waals surface area contributed by atoms with Gasteiger partial charge in [-0.25, -0.2) is 4.79 Å². The van der Waals surface area contributed by atoms with E-state index in [2.05, 4.69) is 5.32 Å². The van der Waals surface area contributed by atoms with Gasteiger partial charge in [0, 0.05) is 6.54 Å². The predicted molar refractivity (Wildman–Crippen MR) is 71.4 cm³/mol. The van der Waals surface area contributed by atoms with Crippen LogP contribution < -0.4 is 5.32 Å². The highest BCUT2D eigenvalue weighted by molar-refractivity contribution is 5.67. The second-order valence-corrected chi connectivity index (χ2v) is 6.18. The van der Waals surface area contributed by atoms with E-state index >= 15 is 0 Å². The smallest absolute Gasteiger partial charge is 0.407 e. The number of rotatable bonds is 4. The average Bonchev–Trinajstić information content (AvgIpc) is 2.27. The van der Waals surface area contributed by atoms with Crippen molar-refractivity contribution < 1.29 is 14.6 Å². The summed E-state index contributed by atoms with van der Waals surface area (Å²) in [4.78, 5) is 11.4. The molecular formula is C14H27NO3. The number of carbonyl (C=O) groups excluding carboxylic acids is 1. The molecule has 106 valence electrons. The Hall–Kier alpha value is -0.770. The Morgan fingerprint density at radius 3 is 2.50 bits per heavy atom. The van der Waals surface area contributed by atoms with Crippen LogP contribution in [0.4, 0.5) is 4.79 Å². The summed E-state index contributed by atoms with van der Waals surface area (Å²) >= 11 is 0. The molecule has 1 atom stereocenters. The maximum Gasteiger partial charge on any atom is 0.407 e. The molecule has 4 heteroatoms. The van der Waals surface area contributed by atoms with Crippen molar-refractivity contribution in [1.82, 2.24) is 5.32 Å². The van der Waals surface area contributed by atoms with Crippen molar-refractivity contribution in [2.24, 2.45) is 5.92 Å². The van der Waals surface area contributed by atoms with Crippen LogP contribution in [0, 0.1) is 5.92 Å². The van der Waals surface area contributed by atoms with Crippen LogP contribution in [0.3, 0.4) is 0 Å². The van der Waals surface area contributed by atoms with Gasteiger partial charge >= 0.3 is 6.09 Å². The van der Waals surface area contributed by atoms with Gasteiger partial charge in [-0.3, -0.25) is 0 Å². The number of hydrogen-bond acceptors (Lipinski definition) is 3. The minimum absolute atomic E-state index is 0.291. The van der Waals surface area contributed by atoms with E-state index in [9.17, 15) is 9.90 Å². The molecule has 0 aromatic carbocycles. The monoisotopic (exact) mass is 257 g/mol. The van der Waals surface area contributed by atoms with E-state index in [1.54, 1.807) is 0 Å². The van der Waals surface area contributed by atoms with Gasteiger partial charge in [-0.1, -0.05) is 19.3 Å². The molecule has 1 fully saturated rings. The van der Waals surface area contributed by atoms with Crippen molar-refractivity contribution in [2.75, 3.05) is 6.54 Å². The lowest BCUT2D eigenvalue weighted by molar-refractivity contribution is 0.0490. The molecule has 0 aromatic rings. The van der Waals surface area contributed by atoms with Crippen molar-refractivity contribution in [3.8, 4) is 0 Å². The predicted octanol–water partition coefficient (Wildman–Crippen LogP) is 2.84. The van der Waals surface area contributed by atoms with Crippen LogP contribution in [-0.4, -0.2) is 29.4 Å². The SMILES string of the molecule is CC(C)(C)OC(=O)NCC[C@H](O)C1CCCCC1. The molecule has 1 saturated carbocycles. The molecule has 4 nitrogen and oxygen atoms in total. The second-order valence-electron chi connectivity index (χ2n) is 6.18. The quantitative estimate of drug-likeness (QED) is 0.814. The average molecular weight is 257 g/mol. The maximum atomic E-state index is 11.4. The molecule has 1 rings (SSSR count).